The van der Waals surface area contributed by atoms with E-state index in [1.165, 1.54) is 42.8 Å². The van der Waals surface area contributed by atoms with Gasteiger partial charge in [0, 0.05) is 25.1 Å². The molecular formula is C33H37F3N2O5. The average molecular weight is 599 g/mol. The summed E-state index contributed by atoms with van der Waals surface area (Å²) in [5.41, 5.74) is 1.33. The lowest BCUT2D eigenvalue weighted by Gasteiger charge is -2.65. The summed E-state index contributed by atoms with van der Waals surface area (Å²) in [6.07, 6.45) is 0.334. The molecule has 2 bridgehead atoms. The van der Waals surface area contributed by atoms with Crippen LogP contribution in [0.5, 0.6) is 11.5 Å². The Bertz CT molecular complexity index is 1460. The van der Waals surface area contributed by atoms with Gasteiger partial charge in [0.2, 0.25) is 5.91 Å². The summed E-state index contributed by atoms with van der Waals surface area (Å²) in [6, 6.07) is 11.3. The van der Waals surface area contributed by atoms with Gasteiger partial charge in [-0.05, 0) is 80.6 Å². The van der Waals surface area contributed by atoms with Crippen LogP contribution < -0.4 is 9.47 Å². The van der Waals surface area contributed by atoms with Crippen LogP contribution >= 0.6 is 0 Å². The first-order valence-electron chi connectivity index (χ1n) is 14.9. The standard InChI is InChI=1S/C33H37F3N2O5/c1-20(2)19-38(28(40)12-11-22-7-5-9-24(17-22)43-33(34,35)36)25-13-14-32(42-21(3)39)27-18-23-8-6-10-26-29(23)31(32,30(25)41-26)15-16-37(27)4/h5-12,17,20,25,27,30H,13-16,18-19H2,1-4H3/b12-11+/t25?,27-,30?,31+,32-/m1/s1. The van der Waals surface area contributed by atoms with E-state index in [4.69, 9.17) is 9.47 Å². The molecule has 2 unspecified atom stereocenters. The number of alkyl halides is 3. The average Bonchev–Trinajstić information content (AvgIpc) is 3.26. The molecule has 1 amide bonds. The maximum absolute atomic E-state index is 13.9. The van der Waals surface area contributed by atoms with Crippen molar-refractivity contribution in [1.82, 2.24) is 9.80 Å². The Morgan fingerprint density at radius 3 is 2.67 bits per heavy atom. The number of carbonyl (C=O) groups is 2. The molecule has 2 aromatic rings. The largest absolute Gasteiger partial charge is 0.573 e. The van der Waals surface area contributed by atoms with Crippen LogP contribution in [0.25, 0.3) is 6.08 Å². The molecule has 4 aliphatic rings. The van der Waals surface area contributed by atoms with Crippen molar-refractivity contribution in [2.75, 3.05) is 20.1 Å². The second-order valence-corrected chi connectivity index (χ2v) is 12.7. The molecule has 7 nitrogen and oxygen atoms in total. The van der Waals surface area contributed by atoms with Crippen molar-refractivity contribution in [1.29, 1.82) is 0 Å². The molecule has 2 aliphatic heterocycles. The second kappa shape index (κ2) is 10.6. The Kier molecular flexibility index (Phi) is 7.26. The Hall–Kier alpha value is -3.53. The zero-order valence-electron chi connectivity index (χ0n) is 24.8. The van der Waals surface area contributed by atoms with E-state index in [1.807, 2.05) is 30.9 Å². The number of halogens is 3. The second-order valence-electron chi connectivity index (χ2n) is 12.7. The van der Waals surface area contributed by atoms with Gasteiger partial charge in [-0.3, -0.25) is 14.5 Å². The molecule has 1 saturated carbocycles. The molecule has 1 saturated heterocycles. The number of piperidine rings is 1. The van der Waals surface area contributed by atoms with Gasteiger partial charge in [-0.15, -0.1) is 13.2 Å². The van der Waals surface area contributed by atoms with Gasteiger partial charge < -0.3 is 19.1 Å². The summed E-state index contributed by atoms with van der Waals surface area (Å²) >= 11 is 0. The van der Waals surface area contributed by atoms with Crippen molar-refractivity contribution in [3.63, 3.8) is 0 Å². The summed E-state index contributed by atoms with van der Waals surface area (Å²) in [6.45, 7) is 6.83. The van der Waals surface area contributed by atoms with E-state index < -0.39 is 23.5 Å². The quantitative estimate of drug-likeness (QED) is 0.310. The fourth-order valence-electron chi connectivity index (χ4n) is 8.31. The fourth-order valence-corrected chi connectivity index (χ4v) is 8.31. The monoisotopic (exact) mass is 598 g/mol. The molecule has 0 aromatic heterocycles. The highest BCUT2D eigenvalue weighted by Gasteiger charge is 2.75. The van der Waals surface area contributed by atoms with Crippen molar-refractivity contribution in [3.05, 3.63) is 65.2 Å². The minimum atomic E-state index is -4.81. The molecule has 230 valence electrons. The van der Waals surface area contributed by atoms with Gasteiger partial charge in [-0.2, -0.15) is 0 Å². The third kappa shape index (κ3) is 4.87. The summed E-state index contributed by atoms with van der Waals surface area (Å²) in [7, 11) is 2.09. The third-order valence-electron chi connectivity index (χ3n) is 9.64. The molecule has 1 spiro atoms. The van der Waals surface area contributed by atoms with E-state index in [9.17, 15) is 22.8 Å². The maximum atomic E-state index is 13.9. The number of nitrogens with zero attached hydrogens (tertiary/aromatic N) is 2. The normalized spacial score (nSPS) is 29.3. The predicted molar refractivity (Wildman–Crippen MR) is 154 cm³/mol. The Balaban J connectivity index is 1.38. The van der Waals surface area contributed by atoms with Crippen molar-refractivity contribution in [2.24, 2.45) is 5.92 Å². The first-order valence-corrected chi connectivity index (χ1v) is 14.9. The molecule has 43 heavy (non-hydrogen) atoms. The van der Waals surface area contributed by atoms with Crippen molar-refractivity contribution >= 4 is 18.0 Å². The van der Waals surface area contributed by atoms with Crippen LogP contribution in [0.15, 0.2) is 48.5 Å². The van der Waals surface area contributed by atoms with Gasteiger partial charge in [0.25, 0.3) is 0 Å². The van der Waals surface area contributed by atoms with Gasteiger partial charge >= 0.3 is 12.3 Å². The van der Waals surface area contributed by atoms with E-state index in [2.05, 4.69) is 22.8 Å². The Morgan fingerprint density at radius 2 is 1.95 bits per heavy atom. The summed E-state index contributed by atoms with van der Waals surface area (Å²) < 4.78 is 55.5. The first-order chi connectivity index (χ1) is 20.3. The minimum Gasteiger partial charge on any atom is -0.487 e. The fraction of sp³-hybridized carbons (Fsp3) is 0.515. The van der Waals surface area contributed by atoms with E-state index >= 15 is 0 Å². The summed E-state index contributed by atoms with van der Waals surface area (Å²) in [5, 5.41) is 0. The van der Waals surface area contributed by atoms with E-state index in [0.717, 1.165) is 30.7 Å². The third-order valence-corrected chi connectivity index (χ3v) is 9.64. The lowest BCUT2D eigenvalue weighted by Crippen LogP contribution is -2.79. The summed E-state index contributed by atoms with van der Waals surface area (Å²) in [5.74, 6) is 0.0190. The number of hydrogen-bond donors (Lipinski definition) is 0. The van der Waals surface area contributed by atoms with Crippen LogP contribution in [0, 0.1) is 5.92 Å². The van der Waals surface area contributed by atoms with Gasteiger partial charge in [0.05, 0.1) is 17.5 Å². The highest BCUT2D eigenvalue weighted by molar-refractivity contribution is 5.92. The number of rotatable bonds is 7. The highest BCUT2D eigenvalue weighted by Crippen LogP contribution is 2.65. The smallest absolute Gasteiger partial charge is 0.487 e. The predicted octanol–water partition coefficient (Wildman–Crippen LogP) is 5.51. The molecule has 6 rings (SSSR count). The number of hydrogen-bond acceptors (Lipinski definition) is 6. The number of carbonyl (C=O) groups excluding carboxylic acids is 2. The molecule has 2 heterocycles. The minimum absolute atomic E-state index is 0.0154. The zero-order valence-corrected chi connectivity index (χ0v) is 24.8. The number of benzene rings is 2. The van der Waals surface area contributed by atoms with E-state index in [-0.39, 0.29) is 35.6 Å². The van der Waals surface area contributed by atoms with Crippen LogP contribution in [-0.4, -0.2) is 72.0 Å². The SMILES string of the molecule is CC(=O)O[C@@]12CCC(N(CC(C)C)C(=O)/C=C/c3cccc(OC(F)(F)F)c3)C3Oc4cccc5c4[C@@]31CCN(C)[C@@H]2C5. The van der Waals surface area contributed by atoms with Gasteiger partial charge in [0.15, 0.2) is 0 Å². The Morgan fingerprint density at radius 1 is 1.19 bits per heavy atom. The van der Waals surface area contributed by atoms with Gasteiger partial charge in [-0.1, -0.05) is 38.1 Å². The van der Waals surface area contributed by atoms with Crippen LogP contribution in [0.1, 0.15) is 56.7 Å². The topological polar surface area (TPSA) is 68.3 Å². The Labute approximate surface area is 249 Å². The zero-order chi connectivity index (χ0) is 30.7. The molecule has 10 heteroatoms. The number of amides is 1. The van der Waals surface area contributed by atoms with Crippen LogP contribution in [-0.2, 0) is 26.2 Å². The van der Waals surface area contributed by atoms with Crippen LogP contribution in [0.3, 0.4) is 0 Å². The van der Waals surface area contributed by atoms with Crippen LogP contribution in [0.2, 0.25) is 0 Å². The number of esters is 1. The molecule has 2 aliphatic carbocycles. The van der Waals surface area contributed by atoms with Crippen LogP contribution in [0.4, 0.5) is 13.2 Å². The number of likely N-dealkylation sites (N-methyl/N-ethyl adjacent to an activating group) is 1. The summed E-state index contributed by atoms with van der Waals surface area (Å²) in [4.78, 5) is 30.8. The van der Waals surface area contributed by atoms with E-state index in [0.29, 0.717) is 24.9 Å². The maximum Gasteiger partial charge on any atom is 0.573 e. The van der Waals surface area contributed by atoms with Gasteiger partial charge in [-0.25, -0.2) is 0 Å². The molecular weight excluding hydrogens is 561 g/mol. The number of ether oxygens (including phenoxy) is 3. The van der Waals surface area contributed by atoms with Crippen molar-refractivity contribution in [3.8, 4) is 11.5 Å². The highest BCUT2D eigenvalue weighted by atomic mass is 19.4. The molecule has 0 N–H and O–H groups in total. The van der Waals surface area contributed by atoms with Crippen molar-refractivity contribution < 1.29 is 37.0 Å². The molecule has 0 radical (unpaired) electrons. The molecule has 2 aromatic carbocycles. The molecule has 5 atom stereocenters. The van der Waals surface area contributed by atoms with Gasteiger partial charge in [0.1, 0.15) is 23.2 Å². The first kappa shape index (κ1) is 29.5. The van der Waals surface area contributed by atoms with Crippen molar-refractivity contribution in [2.45, 2.75) is 82.0 Å². The lowest BCUT2D eigenvalue weighted by molar-refractivity contribution is -0.274. The lowest BCUT2D eigenvalue weighted by atomic mass is 9.48. The van der Waals surface area contributed by atoms with E-state index in [1.54, 1.807) is 6.07 Å². The molecule has 2 fully saturated rings. The number of likely N-dealkylation sites (tertiary alicyclic amines) is 1.